The second-order valence-electron chi connectivity index (χ2n) is 4.76. The number of aromatic nitrogens is 2. The van der Waals surface area contributed by atoms with Gasteiger partial charge in [0.25, 0.3) is 0 Å². The molecule has 0 aliphatic carbocycles. The molecule has 2 aromatic carbocycles. The topological polar surface area (TPSA) is 65.9 Å². The Kier molecular flexibility index (Phi) is 5.15. The number of hydrogen-bond acceptors (Lipinski definition) is 6. The summed E-state index contributed by atoms with van der Waals surface area (Å²) in [5.74, 6) is -0.454. The lowest BCUT2D eigenvalue weighted by atomic mass is 10.2. The third kappa shape index (κ3) is 4.24. The Morgan fingerprint density at radius 2 is 1.70 bits per heavy atom. The number of hydrogen-bond donors (Lipinski definition) is 0. The number of rotatable bonds is 6. The number of carboxylic acid groups (broad SMARTS) is 1. The van der Waals surface area contributed by atoms with Crippen LogP contribution in [0.5, 0.6) is 0 Å². The maximum absolute atomic E-state index is 10.7. The molecule has 0 saturated carbocycles. The van der Waals surface area contributed by atoms with Crippen molar-refractivity contribution in [2.45, 2.75) is 15.9 Å². The van der Waals surface area contributed by atoms with Crippen LogP contribution in [0.25, 0.3) is 10.9 Å². The van der Waals surface area contributed by atoms with E-state index in [4.69, 9.17) is 0 Å². The molecule has 4 nitrogen and oxygen atoms in total. The Balaban J connectivity index is 1.86. The van der Waals surface area contributed by atoms with E-state index in [1.165, 1.54) is 29.1 Å². The van der Waals surface area contributed by atoms with Crippen molar-refractivity contribution in [1.29, 1.82) is 0 Å². The quantitative estimate of drug-likeness (QED) is 0.390. The molecule has 0 atom stereocenters. The second kappa shape index (κ2) is 7.48. The lowest BCUT2D eigenvalue weighted by molar-refractivity contribution is -0.301. The number of benzene rings is 2. The van der Waals surface area contributed by atoms with Gasteiger partial charge in [-0.2, -0.15) is 0 Å². The number of nitrogens with zero attached hydrogens (tertiary/aromatic N) is 2. The zero-order valence-corrected chi connectivity index (χ0v) is 13.8. The smallest absolute Gasteiger partial charge is 0.189 e. The highest BCUT2D eigenvalue weighted by Crippen LogP contribution is 2.29. The number of carboxylic acids is 1. The van der Waals surface area contributed by atoms with Crippen LogP contribution in [-0.4, -0.2) is 21.7 Å². The van der Waals surface area contributed by atoms with Gasteiger partial charge < -0.3 is 9.90 Å². The van der Waals surface area contributed by atoms with E-state index in [0.29, 0.717) is 10.2 Å². The lowest BCUT2D eigenvalue weighted by Crippen LogP contribution is -2.24. The molecular formula is C17H13N2O2S2-. The van der Waals surface area contributed by atoms with Crippen LogP contribution in [0, 0.1) is 0 Å². The van der Waals surface area contributed by atoms with Gasteiger partial charge in [-0.25, -0.2) is 9.97 Å². The second-order valence-corrected chi connectivity index (χ2v) is 6.67. The maximum Gasteiger partial charge on any atom is 0.189 e. The zero-order chi connectivity index (χ0) is 16.1. The summed E-state index contributed by atoms with van der Waals surface area (Å²) < 4.78 is 0. The molecule has 6 heteroatoms. The van der Waals surface area contributed by atoms with Gasteiger partial charge in [-0.15, -0.1) is 0 Å². The van der Waals surface area contributed by atoms with Crippen molar-refractivity contribution in [3.63, 3.8) is 0 Å². The molecule has 0 aliphatic rings. The molecule has 0 saturated heterocycles. The Bertz CT molecular complexity index is 825. The van der Waals surface area contributed by atoms with Crippen molar-refractivity contribution < 1.29 is 9.90 Å². The first-order valence-electron chi connectivity index (χ1n) is 6.98. The number of fused-ring (bicyclic) bond motifs is 1. The van der Waals surface area contributed by atoms with Crippen LogP contribution in [0.15, 0.2) is 64.8 Å². The van der Waals surface area contributed by atoms with Gasteiger partial charge in [0.15, 0.2) is 5.16 Å². The van der Waals surface area contributed by atoms with E-state index < -0.39 is 5.97 Å². The largest absolute Gasteiger partial charge is 0.549 e. The molecule has 0 unspecified atom stereocenters. The van der Waals surface area contributed by atoms with E-state index in [2.05, 4.69) is 22.1 Å². The van der Waals surface area contributed by atoms with E-state index in [-0.39, 0.29) is 5.75 Å². The van der Waals surface area contributed by atoms with Crippen molar-refractivity contribution in [2.75, 3.05) is 5.75 Å². The third-order valence-corrected chi connectivity index (χ3v) is 4.97. The van der Waals surface area contributed by atoms with Crippen LogP contribution < -0.4 is 5.11 Å². The number of thioether (sulfide) groups is 2. The molecule has 23 heavy (non-hydrogen) atoms. The molecule has 3 aromatic rings. The molecule has 1 aromatic heterocycles. The van der Waals surface area contributed by atoms with Gasteiger partial charge in [0.2, 0.25) is 0 Å². The Morgan fingerprint density at radius 1 is 0.957 bits per heavy atom. The molecule has 0 bridgehead atoms. The molecule has 0 amide bonds. The normalized spacial score (nSPS) is 10.8. The molecule has 0 spiro atoms. The van der Waals surface area contributed by atoms with Crippen molar-refractivity contribution in [3.8, 4) is 0 Å². The number of aliphatic carboxylic acids is 1. The average Bonchev–Trinajstić information content (AvgIpc) is 2.58. The Morgan fingerprint density at radius 3 is 2.48 bits per heavy atom. The molecule has 0 aliphatic heterocycles. The summed E-state index contributed by atoms with van der Waals surface area (Å²) in [5, 5.41) is 12.9. The van der Waals surface area contributed by atoms with Crippen molar-refractivity contribution >= 4 is 40.4 Å². The van der Waals surface area contributed by atoms with E-state index in [1.807, 2.05) is 42.5 Å². The maximum atomic E-state index is 10.7. The van der Waals surface area contributed by atoms with Gasteiger partial charge in [-0.3, -0.25) is 0 Å². The predicted octanol–water partition coefficient (Wildman–Crippen LogP) is 2.76. The molecule has 3 rings (SSSR count). The lowest BCUT2D eigenvalue weighted by Gasteiger charge is -2.08. The summed E-state index contributed by atoms with van der Waals surface area (Å²) in [7, 11) is 0. The third-order valence-electron chi connectivity index (χ3n) is 3.09. The van der Waals surface area contributed by atoms with Gasteiger partial charge in [-0.05, 0) is 11.6 Å². The molecular weight excluding hydrogens is 328 g/mol. The summed E-state index contributed by atoms with van der Waals surface area (Å²) in [4.78, 5) is 19.8. The highest BCUT2D eigenvalue weighted by molar-refractivity contribution is 8.00. The minimum absolute atomic E-state index is 0.121. The van der Waals surface area contributed by atoms with Gasteiger partial charge in [-0.1, -0.05) is 72.1 Å². The van der Waals surface area contributed by atoms with Gasteiger partial charge in [0.1, 0.15) is 5.03 Å². The van der Waals surface area contributed by atoms with Gasteiger partial charge >= 0.3 is 0 Å². The first-order valence-corrected chi connectivity index (χ1v) is 8.95. The van der Waals surface area contributed by atoms with Crippen LogP contribution in [0.3, 0.4) is 0 Å². The zero-order valence-electron chi connectivity index (χ0n) is 12.1. The van der Waals surface area contributed by atoms with Crippen LogP contribution in [-0.2, 0) is 10.5 Å². The molecule has 1 heterocycles. The SMILES string of the molecule is O=C([O-])CSc1nc(SCc2ccccc2)nc2ccccc12. The fourth-order valence-electron chi connectivity index (χ4n) is 2.05. The summed E-state index contributed by atoms with van der Waals surface area (Å²) in [5.41, 5.74) is 2.01. The van der Waals surface area contributed by atoms with Gasteiger partial charge in [0.05, 0.1) is 11.5 Å². The highest BCUT2D eigenvalue weighted by Gasteiger charge is 2.09. The summed E-state index contributed by atoms with van der Waals surface area (Å²) in [6, 6.07) is 17.7. The molecule has 0 fully saturated rings. The van der Waals surface area contributed by atoms with E-state index in [0.717, 1.165) is 16.7 Å². The fourth-order valence-corrected chi connectivity index (χ4v) is 3.65. The average molecular weight is 341 g/mol. The number of carbonyl (C=O) groups excluding carboxylic acids is 1. The van der Waals surface area contributed by atoms with E-state index in [1.54, 1.807) is 0 Å². The minimum Gasteiger partial charge on any atom is -0.549 e. The van der Waals surface area contributed by atoms with Crippen LogP contribution >= 0.6 is 23.5 Å². The minimum atomic E-state index is -1.10. The van der Waals surface area contributed by atoms with Crippen LogP contribution in [0.1, 0.15) is 5.56 Å². The Labute approximate surface area is 142 Å². The summed E-state index contributed by atoms with van der Waals surface area (Å²) in [6.45, 7) is 0. The van der Waals surface area contributed by atoms with Crippen molar-refractivity contribution in [1.82, 2.24) is 9.97 Å². The Hall–Kier alpha value is -2.05. The fraction of sp³-hybridized carbons (Fsp3) is 0.118. The predicted molar refractivity (Wildman–Crippen MR) is 91.3 cm³/mol. The van der Waals surface area contributed by atoms with E-state index >= 15 is 0 Å². The molecule has 0 radical (unpaired) electrons. The monoisotopic (exact) mass is 341 g/mol. The first-order chi connectivity index (χ1) is 11.2. The first kappa shape index (κ1) is 15.8. The number of para-hydroxylation sites is 1. The van der Waals surface area contributed by atoms with Gasteiger partial charge in [0, 0.05) is 16.9 Å². The standard InChI is InChI=1S/C17H14N2O2S2/c20-15(21)11-22-16-13-8-4-5-9-14(13)18-17(19-16)23-10-12-6-2-1-3-7-12/h1-9H,10-11H2,(H,20,21)/p-1. The summed E-state index contributed by atoms with van der Waals surface area (Å²) >= 11 is 2.71. The summed E-state index contributed by atoms with van der Waals surface area (Å²) in [6.07, 6.45) is 0. The molecule has 116 valence electrons. The van der Waals surface area contributed by atoms with Crippen LogP contribution in [0.4, 0.5) is 0 Å². The highest BCUT2D eigenvalue weighted by atomic mass is 32.2. The van der Waals surface area contributed by atoms with Crippen molar-refractivity contribution in [2.24, 2.45) is 0 Å². The van der Waals surface area contributed by atoms with E-state index in [9.17, 15) is 9.90 Å². The molecule has 0 N–H and O–H groups in total. The van der Waals surface area contributed by atoms with Crippen molar-refractivity contribution in [3.05, 3.63) is 60.2 Å². The van der Waals surface area contributed by atoms with Crippen LogP contribution in [0.2, 0.25) is 0 Å². The number of carbonyl (C=O) groups is 1.